The van der Waals surface area contributed by atoms with Crippen molar-refractivity contribution >= 4 is 49.1 Å². The zero-order chi connectivity index (χ0) is 21.8. The normalized spacial score (nSPS) is 11.4. The molecule has 2 heterocycles. The summed E-state index contributed by atoms with van der Waals surface area (Å²) in [6, 6.07) is 18.4. The monoisotopic (exact) mass is 518 g/mol. The van der Waals surface area contributed by atoms with Gasteiger partial charge in [0.25, 0.3) is 5.89 Å². The number of hydrogen-bond donors (Lipinski definition) is 1. The third-order valence-electron chi connectivity index (χ3n) is 4.07. The van der Waals surface area contributed by atoms with E-state index in [1.54, 1.807) is 48.5 Å². The van der Waals surface area contributed by atoms with Gasteiger partial charge in [0.05, 0.1) is 16.9 Å². The van der Waals surface area contributed by atoms with Gasteiger partial charge in [-0.2, -0.15) is 4.98 Å². The molecule has 158 valence electrons. The minimum absolute atomic E-state index is 0.0116. The number of sulfone groups is 1. The summed E-state index contributed by atoms with van der Waals surface area (Å²) in [5, 5.41) is 2.49. The SMILES string of the molecule is O=C(CSc1oc(-c2ccco2)nc1S(=O)(=O)c1ccc(Br)cc1)Nc1ccccc1. The summed E-state index contributed by atoms with van der Waals surface area (Å²) in [4.78, 5) is 16.6. The van der Waals surface area contributed by atoms with E-state index in [1.807, 2.05) is 6.07 Å². The van der Waals surface area contributed by atoms with Gasteiger partial charge in [0.15, 0.2) is 5.76 Å². The number of nitrogens with zero attached hydrogens (tertiary/aromatic N) is 1. The second kappa shape index (κ2) is 9.13. The Hall–Kier alpha value is -2.82. The molecule has 1 N–H and O–H groups in total. The van der Waals surface area contributed by atoms with Crippen LogP contribution in [-0.4, -0.2) is 25.1 Å². The average Bonchev–Trinajstić information content (AvgIpc) is 3.43. The molecule has 4 aromatic rings. The lowest BCUT2D eigenvalue weighted by Gasteiger charge is -2.05. The summed E-state index contributed by atoms with van der Waals surface area (Å²) in [5.74, 6) is -0.0662. The molecular weight excluding hydrogens is 504 g/mol. The van der Waals surface area contributed by atoms with Gasteiger partial charge in [0.1, 0.15) is 0 Å². The molecule has 0 aliphatic rings. The first-order valence-corrected chi connectivity index (χ1v) is 12.2. The molecule has 0 fully saturated rings. The van der Waals surface area contributed by atoms with Gasteiger partial charge < -0.3 is 14.2 Å². The van der Waals surface area contributed by atoms with Crippen LogP contribution in [0.25, 0.3) is 11.7 Å². The van der Waals surface area contributed by atoms with E-state index < -0.39 is 9.84 Å². The van der Waals surface area contributed by atoms with E-state index in [4.69, 9.17) is 8.83 Å². The molecule has 0 radical (unpaired) electrons. The van der Waals surface area contributed by atoms with E-state index in [0.29, 0.717) is 5.69 Å². The highest BCUT2D eigenvalue weighted by Crippen LogP contribution is 2.35. The number of carbonyl (C=O) groups is 1. The Morgan fingerprint density at radius 1 is 1.03 bits per heavy atom. The molecule has 0 saturated heterocycles. The van der Waals surface area contributed by atoms with Crippen LogP contribution in [0.15, 0.2) is 101 Å². The Bertz CT molecular complexity index is 1290. The van der Waals surface area contributed by atoms with E-state index >= 15 is 0 Å². The first-order chi connectivity index (χ1) is 14.9. The van der Waals surface area contributed by atoms with E-state index in [-0.39, 0.29) is 38.3 Å². The van der Waals surface area contributed by atoms with Crippen molar-refractivity contribution in [2.45, 2.75) is 15.0 Å². The lowest BCUT2D eigenvalue weighted by molar-refractivity contribution is -0.113. The first kappa shape index (κ1) is 21.4. The van der Waals surface area contributed by atoms with Gasteiger partial charge in [0.2, 0.25) is 25.9 Å². The van der Waals surface area contributed by atoms with Crippen LogP contribution in [0.1, 0.15) is 0 Å². The molecule has 0 saturated carbocycles. The molecule has 2 aromatic heterocycles. The van der Waals surface area contributed by atoms with Gasteiger partial charge >= 0.3 is 0 Å². The van der Waals surface area contributed by atoms with Crippen LogP contribution in [0.3, 0.4) is 0 Å². The van der Waals surface area contributed by atoms with Crippen LogP contribution < -0.4 is 5.32 Å². The second-order valence-corrected chi connectivity index (χ2v) is 9.98. The quantitative estimate of drug-likeness (QED) is 0.332. The summed E-state index contributed by atoms with van der Waals surface area (Å²) in [5.41, 5.74) is 0.643. The van der Waals surface area contributed by atoms with Crippen LogP contribution in [0, 0.1) is 0 Å². The number of oxazole rings is 1. The van der Waals surface area contributed by atoms with Crippen LogP contribution >= 0.6 is 27.7 Å². The third kappa shape index (κ3) is 4.92. The minimum Gasteiger partial charge on any atom is -0.459 e. The third-order valence-corrected chi connectivity index (χ3v) is 7.35. The standard InChI is InChI=1S/C21H15BrN2O5S2/c22-14-8-10-16(11-9-14)31(26,27)20-21(29-19(24-20)17-7-4-12-28-17)30-13-18(25)23-15-5-2-1-3-6-15/h1-12H,13H2,(H,23,25). The van der Waals surface area contributed by atoms with Crippen LogP contribution in [0.5, 0.6) is 0 Å². The number of nitrogens with one attached hydrogen (secondary N) is 1. The summed E-state index contributed by atoms with van der Waals surface area (Å²) in [6.07, 6.45) is 1.43. The summed E-state index contributed by atoms with van der Waals surface area (Å²) >= 11 is 4.24. The molecular formula is C21H15BrN2O5S2. The lowest BCUT2D eigenvalue weighted by Crippen LogP contribution is -2.14. The molecule has 0 atom stereocenters. The summed E-state index contributed by atoms with van der Waals surface area (Å²) < 4.78 is 38.1. The molecule has 1 amide bonds. The molecule has 10 heteroatoms. The van der Waals surface area contributed by atoms with Crippen LogP contribution in [0.4, 0.5) is 5.69 Å². The Kier molecular flexibility index (Phi) is 6.30. The number of rotatable bonds is 7. The predicted octanol–water partition coefficient (Wildman–Crippen LogP) is 5.26. The van der Waals surface area contributed by atoms with Crippen molar-refractivity contribution in [3.63, 3.8) is 0 Å². The second-order valence-electron chi connectivity index (χ2n) is 6.25. The Labute approximate surface area is 190 Å². The number of aromatic nitrogens is 1. The molecule has 31 heavy (non-hydrogen) atoms. The zero-order valence-electron chi connectivity index (χ0n) is 15.8. The fraction of sp³-hybridized carbons (Fsp3) is 0.0476. The molecule has 0 unspecified atom stereocenters. The van der Waals surface area contributed by atoms with Gasteiger partial charge in [-0.1, -0.05) is 45.9 Å². The molecule has 0 spiro atoms. The Balaban J connectivity index is 1.63. The maximum Gasteiger partial charge on any atom is 0.265 e. The maximum absolute atomic E-state index is 13.2. The van der Waals surface area contributed by atoms with Gasteiger partial charge in [-0.05, 0) is 48.5 Å². The lowest BCUT2D eigenvalue weighted by atomic mass is 10.3. The van der Waals surface area contributed by atoms with E-state index in [1.165, 1.54) is 18.4 Å². The average molecular weight is 519 g/mol. The van der Waals surface area contributed by atoms with Crippen molar-refractivity contribution in [3.05, 3.63) is 77.5 Å². The summed E-state index contributed by atoms with van der Waals surface area (Å²) in [6.45, 7) is 0. The highest BCUT2D eigenvalue weighted by atomic mass is 79.9. The highest BCUT2D eigenvalue weighted by molar-refractivity contribution is 9.10. The van der Waals surface area contributed by atoms with Crippen molar-refractivity contribution in [1.82, 2.24) is 4.98 Å². The van der Waals surface area contributed by atoms with Gasteiger partial charge in [0, 0.05) is 10.2 Å². The molecule has 2 aromatic carbocycles. The summed E-state index contributed by atoms with van der Waals surface area (Å²) in [7, 11) is -3.98. The molecule has 0 bridgehead atoms. The largest absolute Gasteiger partial charge is 0.459 e. The van der Waals surface area contributed by atoms with E-state index in [2.05, 4.69) is 26.2 Å². The molecule has 7 nitrogen and oxygen atoms in total. The topological polar surface area (TPSA) is 102 Å². The molecule has 0 aliphatic carbocycles. The van der Waals surface area contributed by atoms with Crippen molar-refractivity contribution < 1.29 is 22.0 Å². The molecule has 4 rings (SSSR count). The predicted molar refractivity (Wildman–Crippen MR) is 120 cm³/mol. The van der Waals surface area contributed by atoms with Crippen molar-refractivity contribution in [3.8, 4) is 11.7 Å². The number of halogens is 1. The number of thioether (sulfide) groups is 1. The number of para-hydroxylation sites is 1. The highest BCUT2D eigenvalue weighted by Gasteiger charge is 2.29. The van der Waals surface area contributed by atoms with Crippen molar-refractivity contribution in [1.29, 1.82) is 0 Å². The van der Waals surface area contributed by atoms with Crippen LogP contribution in [0.2, 0.25) is 0 Å². The maximum atomic E-state index is 13.2. The van der Waals surface area contributed by atoms with E-state index in [0.717, 1.165) is 16.2 Å². The van der Waals surface area contributed by atoms with Crippen molar-refractivity contribution in [2.24, 2.45) is 0 Å². The number of benzene rings is 2. The molecule has 0 aliphatic heterocycles. The fourth-order valence-corrected chi connectivity index (χ4v) is 5.23. The number of furan rings is 1. The number of hydrogen-bond acceptors (Lipinski definition) is 7. The fourth-order valence-electron chi connectivity index (χ4n) is 2.63. The van der Waals surface area contributed by atoms with Crippen LogP contribution in [-0.2, 0) is 14.6 Å². The first-order valence-electron chi connectivity index (χ1n) is 8.96. The van der Waals surface area contributed by atoms with Gasteiger partial charge in [-0.15, -0.1) is 0 Å². The van der Waals surface area contributed by atoms with Gasteiger partial charge in [-0.3, -0.25) is 4.79 Å². The zero-order valence-corrected chi connectivity index (χ0v) is 19.0. The van der Waals surface area contributed by atoms with E-state index in [9.17, 15) is 13.2 Å². The number of anilines is 1. The van der Waals surface area contributed by atoms with Gasteiger partial charge in [-0.25, -0.2) is 8.42 Å². The minimum atomic E-state index is -3.98. The van der Waals surface area contributed by atoms with Crippen molar-refractivity contribution in [2.75, 3.05) is 11.1 Å². The number of amides is 1. The Morgan fingerprint density at radius 2 is 1.77 bits per heavy atom. The Morgan fingerprint density at radius 3 is 2.45 bits per heavy atom. The smallest absolute Gasteiger partial charge is 0.265 e. The number of carbonyl (C=O) groups excluding carboxylic acids is 1.